The topological polar surface area (TPSA) is 69.9 Å². The van der Waals surface area contributed by atoms with Gasteiger partial charge in [-0.3, -0.25) is 0 Å². The Kier molecular flexibility index (Phi) is 2.00. The summed E-state index contributed by atoms with van der Waals surface area (Å²) in [6.07, 6.45) is 5.33. The van der Waals surface area contributed by atoms with Gasteiger partial charge in [0.25, 0.3) is 0 Å². The zero-order valence-corrected chi connectivity index (χ0v) is 7.90. The number of hydrogen-bond donors (Lipinski definition) is 2. The fourth-order valence-electron chi connectivity index (χ4n) is 1.99. The van der Waals surface area contributed by atoms with E-state index in [2.05, 4.69) is 4.98 Å². The monoisotopic (exact) mass is 180 g/mol. The van der Waals surface area contributed by atoms with Crippen LogP contribution >= 0.6 is 0 Å². The molecule has 0 spiro atoms. The van der Waals surface area contributed by atoms with Gasteiger partial charge in [0.05, 0.1) is 5.69 Å². The van der Waals surface area contributed by atoms with Crippen LogP contribution in [0.5, 0.6) is 0 Å². The Balaban J connectivity index is 2.17. The first-order chi connectivity index (χ1) is 6.16. The summed E-state index contributed by atoms with van der Waals surface area (Å²) in [7, 11) is 1.92. The van der Waals surface area contributed by atoms with Crippen LogP contribution in [0.2, 0.25) is 0 Å². The van der Waals surface area contributed by atoms with Gasteiger partial charge in [-0.2, -0.15) is 0 Å². The lowest BCUT2D eigenvalue weighted by molar-refractivity contribution is 0.664. The Morgan fingerprint density at radius 2 is 2.31 bits per heavy atom. The molecule has 0 amide bonds. The van der Waals surface area contributed by atoms with Gasteiger partial charge in [0.1, 0.15) is 0 Å². The highest BCUT2D eigenvalue weighted by Crippen LogP contribution is 2.32. The van der Waals surface area contributed by atoms with Crippen LogP contribution in [-0.4, -0.2) is 15.6 Å². The van der Waals surface area contributed by atoms with Crippen molar-refractivity contribution in [3.63, 3.8) is 0 Å². The molecular weight excluding hydrogens is 164 g/mol. The lowest BCUT2D eigenvalue weighted by Gasteiger charge is -2.03. The molecule has 2 atom stereocenters. The minimum atomic E-state index is 0.355. The molecule has 4 N–H and O–H groups in total. The highest BCUT2D eigenvalue weighted by atomic mass is 15.1. The van der Waals surface area contributed by atoms with Crippen molar-refractivity contribution in [2.24, 2.45) is 12.8 Å². The molecule has 72 valence electrons. The number of hydrogen-bond acceptors (Lipinski definition) is 3. The second-order valence-electron chi connectivity index (χ2n) is 3.90. The van der Waals surface area contributed by atoms with Crippen molar-refractivity contribution in [2.45, 2.75) is 31.2 Å². The molecule has 1 aliphatic rings. The van der Waals surface area contributed by atoms with Crippen LogP contribution in [0, 0.1) is 0 Å². The van der Waals surface area contributed by atoms with E-state index in [1.54, 1.807) is 0 Å². The SMILES string of the molecule is Cn1cc([C@H]2CC[C@@H](N)C2)nc1N. The second kappa shape index (κ2) is 3.03. The summed E-state index contributed by atoms with van der Waals surface area (Å²) < 4.78 is 1.86. The van der Waals surface area contributed by atoms with Crippen LogP contribution in [0.4, 0.5) is 5.95 Å². The molecule has 1 fully saturated rings. The van der Waals surface area contributed by atoms with E-state index < -0.39 is 0 Å². The number of rotatable bonds is 1. The number of nitrogen functional groups attached to an aromatic ring is 1. The van der Waals surface area contributed by atoms with Crippen LogP contribution in [-0.2, 0) is 7.05 Å². The Morgan fingerprint density at radius 1 is 1.54 bits per heavy atom. The first-order valence-corrected chi connectivity index (χ1v) is 4.71. The second-order valence-corrected chi connectivity index (χ2v) is 3.90. The number of nitrogens with two attached hydrogens (primary N) is 2. The molecule has 0 saturated heterocycles. The maximum Gasteiger partial charge on any atom is 0.200 e. The highest BCUT2D eigenvalue weighted by molar-refractivity contribution is 5.24. The highest BCUT2D eigenvalue weighted by Gasteiger charge is 2.25. The summed E-state index contributed by atoms with van der Waals surface area (Å²) in [5, 5.41) is 0. The quantitative estimate of drug-likeness (QED) is 0.664. The summed E-state index contributed by atoms with van der Waals surface area (Å²) in [4.78, 5) is 4.31. The largest absolute Gasteiger partial charge is 0.369 e. The lowest BCUT2D eigenvalue weighted by atomic mass is 10.1. The fourth-order valence-corrected chi connectivity index (χ4v) is 1.99. The molecule has 2 rings (SSSR count). The van der Waals surface area contributed by atoms with E-state index in [-0.39, 0.29) is 0 Å². The molecule has 0 bridgehead atoms. The lowest BCUT2D eigenvalue weighted by Crippen LogP contribution is -2.14. The van der Waals surface area contributed by atoms with Crippen LogP contribution in [0.1, 0.15) is 30.9 Å². The van der Waals surface area contributed by atoms with Crippen molar-refractivity contribution in [3.8, 4) is 0 Å². The van der Waals surface area contributed by atoms with Crippen LogP contribution < -0.4 is 11.5 Å². The van der Waals surface area contributed by atoms with E-state index in [1.807, 2.05) is 17.8 Å². The van der Waals surface area contributed by atoms with Gasteiger partial charge in [0.15, 0.2) is 5.95 Å². The first kappa shape index (κ1) is 8.56. The smallest absolute Gasteiger partial charge is 0.200 e. The van der Waals surface area contributed by atoms with Crippen LogP contribution in [0.25, 0.3) is 0 Å². The summed E-state index contributed by atoms with van der Waals surface area (Å²) >= 11 is 0. The molecular formula is C9H16N4. The van der Waals surface area contributed by atoms with Gasteiger partial charge >= 0.3 is 0 Å². The molecule has 1 saturated carbocycles. The summed E-state index contributed by atoms with van der Waals surface area (Å²) in [5.74, 6) is 1.12. The first-order valence-electron chi connectivity index (χ1n) is 4.71. The average molecular weight is 180 g/mol. The number of nitrogens with zero attached hydrogens (tertiary/aromatic N) is 2. The maximum atomic E-state index is 5.84. The third-order valence-electron chi connectivity index (χ3n) is 2.82. The van der Waals surface area contributed by atoms with Crippen molar-refractivity contribution in [1.82, 2.24) is 9.55 Å². The molecule has 1 aromatic heterocycles. The minimum Gasteiger partial charge on any atom is -0.369 e. The zero-order chi connectivity index (χ0) is 9.42. The molecule has 0 aromatic carbocycles. The molecule has 1 aliphatic carbocycles. The summed E-state index contributed by atoms with van der Waals surface area (Å²) in [5.41, 5.74) is 12.6. The molecule has 13 heavy (non-hydrogen) atoms. The van der Waals surface area contributed by atoms with E-state index in [0.717, 1.165) is 25.0 Å². The Morgan fingerprint density at radius 3 is 2.77 bits per heavy atom. The third-order valence-corrected chi connectivity index (χ3v) is 2.82. The van der Waals surface area contributed by atoms with Crippen molar-refractivity contribution < 1.29 is 0 Å². The minimum absolute atomic E-state index is 0.355. The molecule has 4 nitrogen and oxygen atoms in total. The van der Waals surface area contributed by atoms with Crippen molar-refractivity contribution in [1.29, 1.82) is 0 Å². The molecule has 0 aliphatic heterocycles. The predicted octanol–water partition coefficient (Wildman–Crippen LogP) is 0.597. The normalized spacial score (nSPS) is 28.2. The summed E-state index contributed by atoms with van der Waals surface area (Å²) in [6.45, 7) is 0. The van der Waals surface area contributed by atoms with Gasteiger partial charge in [-0.15, -0.1) is 0 Å². The van der Waals surface area contributed by atoms with Gasteiger partial charge in [0.2, 0.25) is 0 Å². The van der Waals surface area contributed by atoms with Crippen molar-refractivity contribution >= 4 is 5.95 Å². The molecule has 0 radical (unpaired) electrons. The molecule has 1 heterocycles. The van der Waals surface area contributed by atoms with Gasteiger partial charge < -0.3 is 16.0 Å². The van der Waals surface area contributed by atoms with Gasteiger partial charge in [-0.1, -0.05) is 0 Å². The number of aryl methyl sites for hydroxylation is 1. The molecule has 4 heteroatoms. The number of aromatic nitrogens is 2. The van der Waals surface area contributed by atoms with E-state index in [4.69, 9.17) is 11.5 Å². The predicted molar refractivity (Wildman–Crippen MR) is 52.2 cm³/mol. The van der Waals surface area contributed by atoms with Gasteiger partial charge in [-0.25, -0.2) is 4.98 Å². The Bertz CT molecular complexity index is 285. The van der Waals surface area contributed by atoms with E-state index >= 15 is 0 Å². The standard InChI is InChI=1S/C9H16N4/c1-13-5-8(12-9(13)11)6-2-3-7(10)4-6/h5-7H,2-4,10H2,1H3,(H2,11,12)/t6-,7+/m0/s1. The third kappa shape index (κ3) is 1.54. The van der Waals surface area contributed by atoms with E-state index in [9.17, 15) is 0 Å². The van der Waals surface area contributed by atoms with E-state index in [0.29, 0.717) is 17.9 Å². The zero-order valence-electron chi connectivity index (χ0n) is 7.90. The molecule has 0 unspecified atom stereocenters. The number of anilines is 1. The molecule has 1 aromatic rings. The Labute approximate surface area is 77.9 Å². The van der Waals surface area contributed by atoms with Gasteiger partial charge in [-0.05, 0) is 19.3 Å². The fraction of sp³-hybridized carbons (Fsp3) is 0.667. The average Bonchev–Trinajstić information content (AvgIpc) is 2.61. The Hall–Kier alpha value is -1.03. The van der Waals surface area contributed by atoms with Crippen LogP contribution in [0.15, 0.2) is 6.20 Å². The number of imidazole rings is 1. The van der Waals surface area contributed by atoms with Crippen molar-refractivity contribution in [2.75, 3.05) is 5.73 Å². The maximum absolute atomic E-state index is 5.84. The van der Waals surface area contributed by atoms with Crippen LogP contribution in [0.3, 0.4) is 0 Å². The van der Waals surface area contributed by atoms with E-state index in [1.165, 1.54) is 0 Å². The van der Waals surface area contributed by atoms with Gasteiger partial charge in [0, 0.05) is 25.2 Å². The summed E-state index contributed by atoms with van der Waals surface area (Å²) in [6, 6.07) is 0.355. The van der Waals surface area contributed by atoms with Crippen molar-refractivity contribution in [3.05, 3.63) is 11.9 Å².